The SMILES string of the molecule is CCC(=O)N(CC)c1ccc(-c2ccc(C(=O)CCc3ccc(F)nc3C)cc2)cc1. The zero-order valence-electron chi connectivity index (χ0n) is 18.2. The number of hydrogen-bond acceptors (Lipinski definition) is 3. The summed E-state index contributed by atoms with van der Waals surface area (Å²) in [6.07, 6.45) is 1.36. The topological polar surface area (TPSA) is 50.3 Å². The molecule has 1 heterocycles. The van der Waals surface area contributed by atoms with Crippen molar-refractivity contribution in [3.05, 3.63) is 83.4 Å². The minimum atomic E-state index is -0.504. The van der Waals surface area contributed by atoms with E-state index in [1.807, 2.05) is 62.4 Å². The lowest BCUT2D eigenvalue weighted by atomic mass is 9.99. The van der Waals surface area contributed by atoms with Crippen molar-refractivity contribution in [1.82, 2.24) is 4.98 Å². The van der Waals surface area contributed by atoms with Gasteiger partial charge in [0.1, 0.15) is 0 Å². The first-order valence-corrected chi connectivity index (χ1v) is 10.6. The lowest BCUT2D eigenvalue weighted by Crippen LogP contribution is -2.29. The van der Waals surface area contributed by atoms with Gasteiger partial charge in [-0.2, -0.15) is 4.39 Å². The van der Waals surface area contributed by atoms with Crippen molar-refractivity contribution < 1.29 is 14.0 Å². The molecule has 3 rings (SSSR count). The molecular formula is C26H27FN2O2. The number of Topliss-reactive ketones (excluding diaryl/α,β-unsaturated/α-hetero) is 1. The van der Waals surface area contributed by atoms with Crippen molar-refractivity contribution in [1.29, 1.82) is 0 Å². The second-order valence-corrected chi connectivity index (χ2v) is 7.42. The summed E-state index contributed by atoms with van der Waals surface area (Å²) in [6, 6.07) is 18.4. The van der Waals surface area contributed by atoms with Crippen LogP contribution in [0, 0.1) is 12.9 Å². The molecule has 5 heteroatoms. The fraction of sp³-hybridized carbons (Fsp3) is 0.269. The van der Waals surface area contributed by atoms with Crippen LogP contribution >= 0.6 is 0 Å². The van der Waals surface area contributed by atoms with Gasteiger partial charge in [0.2, 0.25) is 11.9 Å². The van der Waals surface area contributed by atoms with Crippen molar-refractivity contribution in [2.75, 3.05) is 11.4 Å². The summed E-state index contributed by atoms with van der Waals surface area (Å²) in [7, 11) is 0. The van der Waals surface area contributed by atoms with Crippen LogP contribution < -0.4 is 4.90 Å². The number of nitrogens with zero attached hydrogens (tertiary/aromatic N) is 2. The van der Waals surface area contributed by atoms with E-state index < -0.39 is 5.95 Å². The summed E-state index contributed by atoms with van der Waals surface area (Å²) in [6.45, 7) is 6.21. The van der Waals surface area contributed by atoms with Gasteiger partial charge in [-0.15, -0.1) is 0 Å². The third-order valence-corrected chi connectivity index (χ3v) is 5.42. The maximum atomic E-state index is 13.1. The van der Waals surface area contributed by atoms with Crippen molar-refractivity contribution in [2.24, 2.45) is 0 Å². The molecule has 4 nitrogen and oxygen atoms in total. The standard InChI is InChI=1S/C26H27FN2O2/c1-4-26(31)29(5-2)23-14-10-21(11-15-23)20-6-8-22(9-7-20)24(30)16-12-19-13-17-25(27)28-18(19)3/h6-11,13-15,17H,4-5,12,16H2,1-3H3. The number of rotatable bonds is 8. The Kier molecular flexibility index (Phi) is 7.29. The molecule has 1 aromatic heterocycles. The predicted octanol–water partition coefficient (Wildman–Crippen LogP) is 5.77. The first kappa shape index (κ1) is 22.3. The van der Waals surface area contributed by atoms with E-state index >= 15 is 0 Å². The number of halogens is 1. The lowest BCUT2D eigenvalue weighted by Gasteiger charge is -2.20. The molecular weight excluding hydrogens is 391 g/mol. The van der Waals surface area contributed by atoms with Gasteiger partial charge in [-0.25, -0.2) is 4.98 Å². The van der Waals surface area contributed by atoms with Gasteiger partial charge in [0.25, 0.3) is 0 Å². The molecule has 0 atom stereocenters. The van der Waals surface area contributed by atoms with Crippen LogP contribution in [0.4, 0.5) is 10.1 Å². The van der Waals surface area contributed by atoms with Gasteiger partial charge >= 0.3 is 0 Å². The minimum Gasteiger partial charge on any atom is -0.313 e. The fourth-order valence-corrected chi connectivity index (χ4v) is 3.59. The fourth-order valence-electron chi connectivity index (χ4n) is 3.59. The third-order valence-electron chi connectivity index (χ3n) is 5.42. The number of aromatic nitrogens is 1. The molecule has 0 N–H and O–H groups in total. The minimum absolute atomic E-state index is 0.0438. The average molecular weight is 419 g/mol. The van der Waals surface area contributed by atoms with Crippen molar-refractivity contribution in [3.8, 4) is 11.1 Å². The van der Waals surface area contributed by atoms with Crippen LogP contribution in [0.3, 0.4) is 0 Å². The summed E-state index contributed by atoms with van der Waals surface area (Å²) in [5.41, 5.74) is 5.07. The number of benzene rings is 2. The Morgan fingerprint density at radius 2 is 1.52 bits per heavy atom. The molecule has 1 amide bonds. The maximum absolute atomic E-state index is 13.1. The lowest BCUT2D eigenvalue weighted by molar-refractivity contribution is -0.118. The maximum Gasteiger partial charge on any atom is 0.226 e. The van der Waals surface area contributed by atoms with E-state index in [4.69, 9.17) is 0 Å². The molecule has 31 heavy (non-hydrogen) atoms. The van der Waals surface area contributed by atoms with E-state index in [9.17, 15) is 14.0 Å². The molecule has 2 aromatic carbocycles. The Balaban J connectivity index is 1.66. The van der Waals surface area contributed by atoms with E-state index in [1.165, 1.54) is 6.07 Å². The Hall–Kier alpha value is -3.34. The molecule has 0 radical (unpaired) electrons. The largest absolute Gasteiger partial charge is 0.313 e. The van der Waals surface area contributed by atoms with Crippen molar-refractivity contribution in [3.63, 3.8) is 0 Å². The highest BCUT2D eigenvalue weighted by Crippen LogP contribution is 2.24. The second kappa shape index (κ2) is 10.1. The summed E-state index contributed by atoms with van der Waals surface area (Å²) >= 11 is 0. The highest BCUT2D eigenvalue weighted by Gasteiger charge is 2.12. The van der Waals surface area contributed by atoms with Crippen LogP contribution in [0.5, 0.6) is 0 Å². The van der Waals surface area contributed by atoms with Crippen LogP contribution in [-0.2, 0) is 11.2 Å². The molecule has 0 bridgehead atoms. The average Bonchev–Trinajstić information content (AvgIpc) is 2.79. The van der Waals surface area contributed by atoms with Crippen LogP contribution in [0.2, 0.25) is 0 Å². The molecule has 0 saturated carbocycles. The summed E-state index contributed by atoms with van der Waals surface area (Å²) < 4.78 is 13.1. The number of anilines is 1. The number of aryl methyl sites for hydroxylation is 2. The third kappa shape index (κ3) is 5.43. The smallest absolute Gasteiger partial charge is 0.226 e. The van der Waals surface area contributed by atoms with Crippen molar-refractivity contribution >= 4 is 17.4 Å². The van der Waals surface area contributed by atoms with E-state index in [1.54, 1.807) is 17.9 Å². The number of carbonyl (C=O) groups excluding carboxylic acids is 2. The molecule has 0 spiro atoms. The first-order valence-electron chi connectivity index (χ1n) is 10.6. The zero-order chi connectivity index (χ0) is 22.4. The molecule has 0 fully saturated rings. The van der Waals surface area contributed by atoms with Gasteiger partial charge < -0.3 is 4.90 Å². The Morgan fingerprint density at radius 3 is 2.06 bits per heavy atom. The Bertz CT molecular complexity index is 1060. The molecule has 0 unspecified atom stereocenters. The summed E-state index contributed by atoms with van der Waals surface area (Å²) in [4.78, 5) is 30.2. The number of ketones is 1. The van der Waals surface area contributed by atoms with Gasteiger partial charge in [0.15, 0.2) is 5.78 Å². The number of carbonyl (C=O) groups is 2. The van der Waals surface area contributed by atoms with Gasteiger partial charge in [-0.3, -0.25) is 9.59 Å². The van der Waals surface area contributed by atoms with Crippen LogP contribution in [0.15, 0.2) is 60.7 Å². The van der Waals surface area contributed by atoms with Crippen LogP contribution in [0.25, 0.3) is 11.1 Å². The van der Waals surface area contributed by atoms with E-state index in [2.05, 4.69) is 4.98 Å². The molecule has 3 aromatic rings. The quantitative estimate of drug-likeness (QED) is 0.344. The Labute approximate surface area is 182 Å². The van der Waals surface area contributed by atoms with Gasteiger partial charge in [-0.1, -0.05) is 49.4 Å². The van der Waals surface area contributed by atoms with Gasteiger partial charge in [-0.05, 0) is 55.2 Å². The van der Waals surface area contributed by atoms with E-state index in [-0.39, 0.29) is 11.7 Å². The second-order valence-electron chi connectivity index (χ2n) is 7.42. The van der Waals surface area contributed by atoms with E-state index in [0.717, 1.165) is 22.4 Å². The number of pyridine rings is 1. The Morgan fingerprint density at radius 1 is 0.903 bits per heavy atom. The first-order chi connectivity index (χ1) is 14.9. The summed E-state index contributed by atoms with van der Waals surface area (Å²) in [5, 5.41) is 0. The predicted molar refractivity (Wildman–Crippen MR) is 122 cm³/mol. The van der Waals surface area contributed by atoms with Crippen molar-refractivity contribution in [2.45, 2.75) is 40.0 Å². The highest BCUT2D eigenvalue weighted by atomic mass is 19.1. The molecule has 0 aliphatic heterocycles. The molecule has 160 valence electrons. The summed E-state index contributed by atoms with van der Waals surface area (Å²) in [5.74, 6) is -0.359. The highest BCUT2D eigenvalue weighted by molar-refractivity contribution is 5.96. The molecule has 0 aliphatic carbocycles. The monoisotopic (exact) mass is 418 g/mol. The number of amides is 1. The zero-order valence-corrected chi connectivity index (χ0v) is 18.2. The molecule has 0 saturated heterocycles. The van der Waals surface area contributed by atoms with Gasteiger partial charge in [0, 0.05) is 36.3 Å². The normalized spacial score (nSPS) is 10.7. The van der Waals surface area contributed by atoms with Crippen LogP contribution in [0.1, 0.15) is 48.3 Å². The van der Waals surface area contributed by atoms with Crippen LogP contribution in [-0.4, -0.2) is 23.2 Å². The van der Waals surface area contributed by atoms with Gasteiger partial charge in [0.05, 0.1) is 0 Å². The number of hydrogen-bond donors (Lipinski definition) is 0. The van der Waals surface area contributed by atoms with E-state index in [0.29, 0.717) is 37.1 Å². The molecule has 0 aliphatic rings.